The maximum atomic E-state index is 11.8. The summed E-state index contributed by atoms with van der Waals surface area (Å²) >= 11 is 1.48. The van der Waals surface area contributed by atoms with Gasteiger partial charge in [0.05, 0.1) is 6.61 Å². The maximum absolute atomic E-state index is 11.8. The Labute approximate surface area is 123 Å². The van der Waals surface area contributed by atoms with E-state index in [-0.39, 0.29) is 18.4 Å². The lowest BCUT2D eigenvalue weighted by molar-refractivity contribution is 0.0499. The SMILES string of the molecule is CN(C)CCCOC(=O)c1cc2ccccc2s1.Cl. The van der Waals surface area contributed by atoms with E-state index >= 15 is 0 Å². The van der Waals surface area contributed by atoms with Gasteiger partial charge in [0.15, 0.2) is 0 Å². The highest BCUT2D eigenvalue weighted by Crippen LogP contribution is 2.25. The van der Waals surface area contributed by atoms with Crippen LogP contribution in [-0.2, 0) is 4.74 Å². The first-order valence-corrected chi connectivity index (χ1v) is 6.79. The zero-order chi connectivity index (χ0) is 13.0. The maximum Gasteiger partial charge on any atom is 0.348 e. The largest absolute Gasteiger partial charge is 0.461 e. The van der Waals surface area contributed by atoms with Gasteiger partial charge < -0.3 is 9.64 Å². The lowest BCUT2D eigenvalue weighted by Crippen LogP contribution is -2.16. The topological polar surface area (TPSA) is 29.5 Å². The van der Waals surface area contributed by atoms with Gasteiger partial charge in [-0.3, -0.25) is 0 Å². The molecule has 19 heavy (non-hydrogen) atoms. The number of hydrogen-bond donors (Lipinski definition) is 0. The minimum atomic E-state index is -0.213. The van der Waals surface area contributed by atoms with Crippen LogP contribution < -0.4 is 0 Å². The molecule has 0 atom stereocenters. The van der Waals surface area contributed by atoms with Gasteiger partial charge in [0, 0.05) is 11.2 Å². The second-order valence-corrected chi connectivity index (χ2v) is 5.53. The third kappa shape index (κ3) is 4.49. The molecule has 0 aliphatic rings. The molecule has 0 unspecified atom stereocenters. The van der Waals surface area contributed by atoms with E-state index in [1.54, 1.807) is 0 Å². The van der Waals surface area contributed by atoms with Gasteiger partial charge in [-0.2, -0.15) is 0 Å². The molecule has 0 N–H and O–H groups in total. The molecule has 0 aliphatic heterocycles. The summed E-state index contributed by atoms with van der Waals surface area (Å²) in [5, 5.41) is 1.10. The van der Waals surface area contributed by atoms with E-state index in [0.717, 1.165) is 23.1 Å². The Morgan fingerprint density at radius 1 is 1.32 bits per heavy atom. The van der Waals surface area contributed by atoms with Crippen LogP contribution in [0, 0.1) is 0 Å². The van der Waals surface area contributed by atoms with Crippen LogP contribution >= 0.6 is 23.7 Å². The molecule has 0 spiro atoms. The second-order valence-electron chi connectivity index (χ2n) is 4.44. The molecule has 0 bridgehead atoms. The number of thiophene rings is 1. The molecule has 5 heteroatoms. The number of carbonyl (C=O) groups is 1. The fourth-order valence-electron chi connectivity index (χ4n) is 1.70. The minimum Gasteiger partial charge on any atom is -0.461 e. The standard InChI is InChI=1S/C14H17NO2S.ClH/c1-15(2)8-5-9-17-14(16)13-10-11-6-3-4-7-12(11)18-13;/h3-4,6-7,10H,5,8-9H2,1-2H3;1H. The van der Waals surface area contributed by atoms with E-state index in [1.807, 2.05) is 44.4 Å². The molecular formula is C14H18ClNO2S. The fourth-order valence-corrected chi connectivity index (χ4v) is 2.66. The van der Waals surface area contributed by atoms with Crippen molar-refractivity contribution in [2.45, 2.75) is 6.42 Å². The number of nitrogens with zero attached hydrogens (tertiary/aromatic N) is 1. The highest BCUT2D eigenvalue weighted by molar-refractivity contribution is 7.20. The number of esters is 1. The molecule has 1 aromatic heterocycles. The van der Waals surface area contributed by atoms with Crippen molar-refractivity contribution in [3.05, 3.63) is 35.2 Å². The van der Waals surface area contributed by atoms with E-state index in [2.05, 4.69) is 4.90 Å². The van der Waals surface area contributed by atoms with Crippen LogP contribution in [0.1, 0.15) is 16.1 Å². The summed E-state index contributed by atoms with van der Waals surface area (Å²) in [7, 11) is 4.02. The number of rotatable bonds is 5. The van der Waals surface area contributed by atoms with Crippen LogP contribution in [0.15, 0.2) is 30.3 Å². The fraction of sp³-hybridized carbons (Fsp3) is 0.357. The molecule has 0 amide bonds. The average Bonchev–Trinajstić information content (AvgIpc) is 2.78. The van der Waals surface area contributed by atoms with Crippen LogP contribution in [0.5, 0.6) is 0 Å². The molecule has 104 valence electrons. The molecule has 0 saturated heterocycles. The lowest BCUT2D eigenvalue weighted by atomic mass is 10.2. The summed E-state index contributed by atoms with van der Waals surface area (Å²) in [5.74, 6) is -0.213. The van der Waals surface area contributed by atoms with Gasteiger partial charge in [0.2, 0.25) is 0 Å². The van der Waals surface area contributed by atoms with E-state index in [4.69, 9.17) is 4.74 Å². The Morgan fingerprint density at radius 2 is 2.05 bits per heavy atom. The first kappa shape index (κ1) is 16.0. The number of ether oxygens (including phenoxy) is 1. The lowest BCUT2D eigenvalue weighted by Gasteiger charge is -2.08. The number of hydrogen-bond acceptors (Lipinski definition) is 4. The van der Waals surface area contributed by atoms with Crippen molar-refractivity contribution in [2.24, 2.45) is 0 Å². The molecule has 1 heterocycles. The van der Waals surface area contributed by atoms with Crippen molar-refractivity contribution in [1.29, 1.82) is 0 Å². The summed E-state index contributed by atoms with van der Waals surface area (Å²) in [4.78, 5) is 14.6. The van der Waals surface area contributed by atoms with Crippen LogP contribution in [-0.4, -0.2) is 38.1 Å². The number of benzene rings is 1. The Bertz CT molecular complexity index is 506. The van der Waals surface area contributed by atoms with E-state index in [0.29, 0.717) is 11.5 Å². The summed E-state index contributed by atoms with van der Waals surface area (Å²) < 4.78 is 6.38. The van der Waals surface area contributed by atoms with Crippen LogP contribution in [0.2, 0.25) is 0 Å². The van der Waals surface area contributed by atoms with Crippen LogP contribution in [0.25, 0.3) is 10.1 Å². The molecule has 0 fully saturated rings. The molecular weight excluding hydrogens is 282 g/mol. The van der Waals surface area contributed by atoms with Gasteiger partial charge in [0.1, 0.15) is 4.88 Å². The number of fused-ring (bicyclic) bond motifs is 1. The zero-order valence-electron chi connectivity index (χ0n) is 11.1. The average molecular weight is 300 g/mol. The minimum absolute atomic E-state index is 0. The first-order chi connectivity index (χ1) is 8.66. The van der Waals surface area contributed by atoms with E-state index in [1.165, 1.54) is 11.3 Å². The van der Waals surface area contributed by atoms with Gasteiger partial charge in [0.25, 0.3) is 0 Å². The van der Waals surface area contributed by atoms with E-state index < -0.39 is 0 Å². The summed E-state index contributed by atoms with van der Waals surface area (Å²) in [5.41, 5.74) is 0. The molecule has 2 rings (SSSR count). The van der Waals surface area contributed by atoms with Crippen molar-refractivity contribution in [3.63, 3.8) is 0 Å². The Kier molecular flexibility index (Phi) is 6.28. The summed E-state index contributed by atoms with van der Waals surface area (Å²) in [6, 6.07) is 9.87. The normalized spacial score (nSPS) is 10.5. The number of carbonyl (C=O) groups excluding carboxylic acids is 1. The molecule has 2 aromatic rings. The molecule has 3 nitrogen and oxygen atoms in total. The van der Waals surface area contributed by atoms with Crippen molar-refractivity contribution in [2.75, 3.05) is 27.2 Å². The highest BCUT2D eigenvalue weighted by Gasteiger charge is 2.11. The van der Waals surface area contributed by atoms with Crippen LogP contribution in [0.3, 0.4) is 0 Å². The molecule has 1 aromatic carbocycles. The Hall–Kier alpha value is -1.10. The van der Waals surface area contributed by atoms with Gasteiger partial charge in [-0.25, -0.2) is 4.79 Å². The summed E-state index contributed by atoms with van der Waals surface area (Å²) in [6.07, 6.45) is 0.865. The van der Waals surface area contributed by atoms with Crippen LogP contribution in [0.4, 0.5) is 0 Å². The van der Waals surface area contributed by atoms with Crippen molar-refractivity contribution in [3.8, 4) is 0 Å². The highest BCUT2D eigenvalue weighted by atomic mass is 35.5. The van der Waals surface area contributed by atoms with Gasteiger partial charge in [-0.05, 0) is 38.0 Å². The molecule has 0 aliphatic carbocycles. The third-order valence-electron chi connectivity index (χ3n) is 2.61. The van der Waals surface area contributed by atoms with Gasteiger partial charge >= 0.3 is 5.97 Å². The number of halogens is 1. The predicted octanol–water partition coefficient (Wildman–Crippen LogP) is 3.43. The van der Waals surface area contributed by atoms with E-state index in [9.17, 15) is 4.79 Å². The van der Waals surface area contributed by atoms with Crippen molar-refractivity contribution >= 4 is 39.8 Å². The molecule has 0 radical (unpaired) electrons. The predicted molar refractivity (Wildman–Crippen MR) is 82.5 cm³/mol. The zero-order valence-corrected chi connectivity index (χ0v) is 12.7. The quantitative estimate of drug-likeness (QED) is 0.626. The smallest absolute Gasteiger partial charge is 0.348 e. The third-order valence-corrected chi connectivity index (χ3v) is 3.71. The first-order valence-electron chi connectivity index (χ1n) is 5.97. The molecule has 0 saturated carbocycles. The van der Waals surface area contributed by atoms with Crippen molar-refractivity contribution in [1.82, 2.24) is 4.90 Å². The van der Waals surface area contributed by atoms with Gasteiger partial charge in [-0.1, -0.05) is 18.2 Å². The van der Waals surface area contributed by atoms with Crippen molar-refractivity contribution < 1.29 is 9.53 Å². The Balaban J connectivity index is 0.00000180. The van der Waals surface area contributed by atoms with Gasteiger partial charge in [-0.15, -0.1) is 23.7 Å². The monoisotopic (exact) mass is 299 g/mol. The summed E-state index contributed by atoms with van der Waals surface area (Å²) in [6.45, 7) is 1.41. The second kappa shape index (κ2) is 7.48. The Morgan fingerprint density at radius 3 is 2.74 bits per heavy atom.